The summed E-state index contributed by atoms with van der Waals surface area (Å²) in [5, 5.41) is 3.45. The number of carbonyl (C=O) groups excluding carboxylic acids is 1. The van der Waals surface area contributed by atoms with Crippen LogP contribution in [0.15, 0.2) is 29.5 Å². The van der Waals surface area contributed by atoms with Gasteiger partial charge in [0.25, 0.3) is 0 Å². The number of carbonyl (C=O) groups is 1. The molecule has 1 amide bonds. The number of nitrogens with one attached hydrogen (secondary N) is 1. The van der Waals surface area contributed by atoms with Crippen LogP contribution < -0.4 is 5.32 Å². The molecular weight excluding hydrogens is 340 g/mol. The average Bonchev–Trinajstić information content (AvgIpc) is 3.26. The summed E-state index contributed by atoms with van der Waals surface area (Å²) >= 11 is 0. The van der Waals surface area contributed by atoms with E-state index in [2.05, 4.69) is 38.1 Å². The molecule has 2 aliphatic heterocycles. The number of nitrogens with zero attached hydrogens (tertiary/aromatic N) is 5. The number of likely N-dealkylation sites (tertiary alicyclic amines) is 1. The first-order valence-corrected chi connectivity index (χ1v) is 10.1. The Hall–Kier alpha value is -2.15. The highest BCUT2D eigenvalue weighted by molar-refractivity contribution is 5.82. The molecule has 1 atom stereocenters. The lowest BCUT2D eigenvalue weighted by atomic mass is 10.2. The second-order valence-corrected chi connectivity index (χ2v) is 7.32. The van der Waals surface area contributed by atoms with E-state index in [1.807, 2.05) is 24.2 Å². The zero-order valence-corrected chi connectivity index (χ0v) is 16.6. The van der Waals surface area contributed by atoms with E-state index in [0.717, 1.165) is 71.0 Å². The van der Waals surface area contributed by atoms with Crippen molar-refractivity contribution in [3.05, 3.63) is 30.1 Å². The fraction of sp³-hybridized carbons (Fsp3) is 0.650. The number of hydrogen-bond donors (Lipinski definition) is 1. The molecule has 0 spiro atoms. The minimum Gasteiger partial charge on any atom is -0.356 e. The van der Waals surface area contributed by atoms with Crippen molar-refractivity contribution in [2.45, 2.75) is 32.2 Å². The molecular formula is C20H32N6O. The van der Waals surface area contributed by atoms with Crippen LogP contribution in [0.4, 0.5) is 0 Å². The lowest BCUT2D eigenvalue weighted by molar-refractivity contribution is -0.135. The summed E-state index contributed by atoms with van der Waals surface area (Å²) in [6.45, 7) is 8.31. The fourth-order valence-corrected chi connectivity index (χ4v) is 3.88. The maximum atomic E-state index is 12.6. The summed E-state index contributed by atoms with van der Waals surface area (Å²) < 4.78 is 0. The fourth-order valence-electron chi connectivity index (χ4n) is 3.88. The lowest BCUT2D eigenvalue weighted by Gasteiger charge is -2.39. The molecule has 1 N–H and O–H groups in total. The molecule has 1 aromatic rings. The highest BCUT2D eigenvalue weighted by atomic mass is 16.2. The first kappa shape index (κ1) is 19.6. The number of rotatable bonds is 5. The molecule has 0 saturated carbocycles. The molecule has 2 aliphatic rings. The van der Waals surface area contributed by atoms with Crippen LogP contribution in [0.3, 0.4) is 0 Å². The van der Waals surface area contributed by atoms with Gasteiger partial charge in [-0.05, 0) is 37.8 Å². The Morgan fingerprint density at radius 2 is 1.93 bits per heavy atom. The van der Waals surface area contributed by atoms with Crippen LogP contribution >= 0.6 is 0 Å². The lowest BCUT2D eigenvalue weighted by Crippen LogP contribution is -2.57. The van der Waals surface area contributed by atoms with Crippen molar-refractivity contribution in [1.29, 1.82) is 0 Å². The van der Waals surface area contributed by atoms with Crippen molar-refractivity contribution < 1.29 is 4.79 Å². The van der Waals surface area contributed by atoms with Gasteiger partial charge in [0, 0.05) is 65.3 Å². The molecule has 7 heteroatoms. The third kappa shape index (κ3) is 5.19. The van der Waals surface area contributed by atoms with Gasteiger partial charge in [-0.25, -0.2) is 0 Å². The first-order chi connectivity index (χ1) is 13.2. The van der Waals surface area contributed by atoms with Gasteiger partial charge in [-0.15, -0.1) is 0 Å². The van der Waals surface area contributed by atoms with Crippen LogP contribution in [0, 0.1) is 0 Å². The Balaban J connectivity index is 1.43. The molecule has 3 rings (SSSR count). The van der Waals surface area contributed by atoms with Crippen molar-refractivity contribution in [3.63, 3.8) is 0 Å². The molecule has 0 aliphatic carbocycles. The topological polar surface area (TPSA) is 64.1 Å². The van der Waals surface area contributed by atoms with Crippen molar-refractivity contribution in [3.8, 4) is 0 Å². The van der Waals surface area contributed by atoms with E-state index in [0.29, 0.717) is 5.91 Å². The Morgan fingerprint density at radius 1 is 1.19 bits per heavy atom. The number of aliphatic imine (C=N–C) groups is 1. The van der Waals surface area contributed by atoms with E-state index in [1.165, 1.54) is 5.56 Å². The summed E-state index contributed by atoms with van der Waals surface area (Å²) in [7, 11) is 1.83. The maximum Gasteiger partial charge on any atom is 0.239 e. The van der Waals surface area contributed by atoms with Crippen molar-refractivity contribution in [2.75, 3.05) is 52.9 Å². The minimum absolute atomic E-state index is 0.0224. The van der Waals surface area contributed by atoms with E-state index >= 15 is 0 Å². The van der Waals surface area contributed by atoms with Gasteiger partial charge in [-0.2, -0.15) is 0 Å². The minimum atomic E-state index is -0.0224. The van der Waals surface area contributed by atoms with E-state index in [-0.39, 0.29) is 6.04 Å². The summed E-state index contributed by atoms with van der Waals surface area (Å²) in [4.78, 5) is 27.8. The van der Waals surface area contributed by atoms with E-state index in [9.17, 15) is 4.79 Å². The SMILES string of the molecule is CN=C(NCCc1cccnc1)N1CCN(C(C)C(=O)N2CCCC2)CC1. The van der Waals surface area contributed by atoms with Crippen LogP contribution in [0.25, 0.3) is 0 Å². The second kappa shape index (κ2) is 9.69. The van der Waals surface area contributed by atoms with Gasteiger partial charge in [0.1, 0.15) is 0 Å². The number of amides is 1. The average molecular weight is 373 g/mol. The Morgan fingerprint density at radius 3 is 2.56 bits per heavy atom. The Bertz CT molecular complexity index is 621. The zero-order chi connectivity index (χ0) is 19.1. The van der Waals surface area contributed by atoms with Crippen molar-refractivity contribution in [2.24, 2.45) is 4.99 Å². The van der Waals surface area contributed by atoms with Crippen LogP contribution in [0.1, 0.15) is 25.3 Å². The van der Waals surface area contributed by atoms with Gasteiger partial charge < -0.3 is 15.1 Å². The molecule has 1 unspecified atom stereocenters. The molecule has 27 heavy (non-hydrogen) atoms. The first-order valence-electron chi connectivity index (χ1n) is 10.1. The highest BCUT2D eigenvalue weighted by Gasteiger charge is 2.30. The van der Waals surface area contributed by atoms with Crippen molar-refractivity contribution >= 4 is 11.9 Å². The van der Waals surface area contributed by atoms with Gasteiger partial charge in [0.2, 0.25) is 5.91 Å². The van der Waals surface area contributed by atoms with Crippen LogP contribution in [0.5, 0.6) is 0 Å². The molecule has 2 fully saturated rings. The molecule has 0 bridgehead atoms. The Kier molecular flexibility index (Phi) is 7.04. The Labute approximate surface area is 162 Å². The quantitative estimate of drug-likeness (QED) is 0.613. The van der Waals surface area contributed by atoms with Gasteiger partial charge in [0.05, 0.1) is 6.04 Å². The van der Waals surface area contributed by atoms with Crippen LogP contribution in [-0.2, 0) is 11.2 Å². The third-order valence-electron chi connectivity index (χ3n) is 5.57. The largest absolute Gasteiger partial charge is 0.356 e. The van der Waals surface area contributed by atoms with Crippen LogP contribution in [0.2, 0.25) is 0 Å². The second-order valence-electron chi connectivity index (χ2n) is 7.32. The van der Waals surface area contributed by atoms with Crippen molar-refractivity contribution in [1.82, 2.24) is 25.0 Å². The van der Waals surface area contributed by atoms with Crippen LogP contribution in [-0.4, -0.2) is 90.5 Å². The molecule has 1 aromatic heterocycles. The summed E-state index contributed by atoms with van der Waals surface area (Å²) in [6, 6.07) is 4.04. The normalized spacial score (nSPS) is 20.0. The summed E-state index contributed by atoms with van der Waals surface area (Å²) in [6.07, 6.45) is 6.92. The third-order valence-corrected chi connectivity index (χ3v) is 5.57. The van der Waals surface area contributed by atoms with Gasteiger partial charge in [-0.3, -0.25) is 19.7 Å². The number of pyridine rings is 1. The molecule has 3 heterocycles. The maximum absolute atomic E-state index is 12.6. The number of piperazine rings is 1. The van der Waals surface area contributed by atoms with E-state index in [4.69, 9.17) is 0 Å². The van der Waals surface area contributed by atoms with Gasteiger partial charge in [-0.1, -0.05) is 6.07 Å². The summed E-state index contributed by atoms with van der Waals surface area (Å²) in [5.74, 6) is 1.23. The highest BCUT2D eigenvalue weighted by Crippen LogP contribution is 2.14. The predicted octanol–water partition coefficient (Wildman–Crippen LogP) is 0.828. The molecule has 2 saturated heterocycles. The monoisotopic (exact) mass is 372 g/mol. The number of guanidine groups is 1. The number of hydrogen-bond acceptors (Lipinski definition) is 4. The number of aromatic nitrogens is 1. The molecule has 0 radical (unpaired) electrons. The standard InChI is InChI=1S/C20H32N6O/c1-17(19(27)25-10-3-4-11-25)24-12-14-26(15-13-24)20(21-2)23-9-7-18-6-5-8-22-16-18/h5-6,8,16-17H,3-4,7,9-15H2,1-2H3,(H,21,23). The molecule has 0 aromatic carbocycles. The summed E-state index contributed by atoms with van der Waals surface area (Å²) in [5.41, 5.74) is 1.22. The molecule has 148 valence electrons. The van der Waals surface area contributed by atoms with E-state index in [1.54, 1.807) is 6.20 Å². The van der Waals surface area contributed by atoms with Gasteiger partial charge >= 0.3 is 0 Å². The smallest absolute Gasteiger partial charge is 0.239 e. The molecule has 7 nitrogen and oxygen atoms in total. The predicted molar refractivity (Wildman–Crippen MR) is 108 cm³/mol. The van der Waals surface area contributed by atoms with E-state index < -0.39 is 0 Å². The zero-order valence-electron chi connectivity index (χ0n) is 16.6. The van der Waals surface area contributed by atoms with Gasteiger partial charge in [0.15, 0.2) is 5.96 Å².